The van der Waals surface area contributed by atoms with Crippen molar-refractivity contribution in [1.82, 2.24) is 0 Å². The summed E-state index contributed by atoms with van der Waals surface area (Å²) in [5.74, 6) is 0. The smallest absolute Gasteiger partial charge is 0.151 e. The van der Waals surface area contributed by atoms with Crippen LogP contribution in [-0.2, 0) is 0 Å². The van der Waals surface area contributed by atoms with E-state index in [2.05, 4.69) is 0 Å². The Morgan fingerprint density at radius 3 is 2.18 bits per heavy atom. The Morgan fingerprint density at radius 2 is 1.82 bits per heavy atom. The Morgan fingerprint density at radius 1 is 1.27 bits per heavy atom. The van der Waals surface area contributed by atoms with Crippen LogP contribution < -0.4 is 4.78 Å². The van der Waals surface area contributed by atoms with Gasteiger partial charge in [-0.25, -0.2) is 0 Å². The van der Waals surface area contributed by atoms with Crippen LogP contribution in [0.5, 0.6) is 0 Å². The van der Waals surface area contributed by atoms with Gasteiger partial charge in [-0.1, -0.05) is 0 Å². The standard InChI is InChI=1S/C7H5BO2S/c1-4-5(2-9)6(3-10)7(8)11-4/h2-3H,1H3. The minimum Gasteiger partial charge on any atom is -0.298 e. The van der Waals surface area contributed by atoms with Crippen molar-refractivity contribution in [2.75, 3.05) is 0 Å². The van der Waals surface area contributed by atoms with Crippen LogP contribution in [0, 0.1) is 6.92 Å². The van der Waals surface area contributed by atoms with Gasteiger partial charge in [-0.15, -0.1) is 0 Å². The number of rotatable bonds is 2. The molecule has 0 fully saturated rings. The van der Waals surface area contributed by atoms with Crippen molar-refractivity contribution < 1.29 is 9.59 Å². The first kappa shape index (κ1) is 8.20. The Labute approximate surface area is 69.6 Å². The number of aldehydes is 2. The minimum atomic E-state index is 0.322. The summed E-state index contributed by atoms with van der Waals surface area (Å²) in [4.78, 5) is 21.6. The third kappa shape index (κ3) is 1.26. The normalized spacial score (nSPS) is 9.55. The van der Waals surface area contributed by atoms with Crippen LogP contribution in [-0.4, -0.2) is 20.4 Å². The molecular weight excluding hydrogens is 159 g/mol. The molecule has 0 aliphatic heterocycles. The van der Waals surface area contributed by atoms with E-state index < -0.39 is 0 Å². The molecule has 4 heteroatoms. The fourth-order valence-electron chi connectivity index (χ4n) is 0.865. The highest BCUT2D eigenvalue weighted by Gasteiger charge is 2.09. The molecule has 11 heavy (non-hydrogen) atoms. The number of carbonyl (C=O) groups excluding carboxylic acids is 2. The predicted octanol–water partition coefficient (Wildman–Crippen LogP) is 0.475. The van der Waals surface area contributed by atoms with E-state index in [1.807, 2.05) is 0 Å². The highest BCUT2D eigenvalue weighted by molar-refractivity contribution is 7.20. The summed E-state index contributed by atoms with van der Waals surface area (Å²) >= 11 is 1.26. The predicted molar refractivity (Wildman–Crippen MR) is 45.2 cm³/mol. The third-order valence-electron chi connectivity index (χ3n) is 1.43. The molecule has 0 amide bonds. The van der Waals surface area contributed by atoms with Crippen LogP contribution >= 0.6 is 11.3 Å². The zero-order chi connectivity index (χ0) is 8.43. The molecule has 0 unspecified atom stereocenters. The van der Waals surface area contributed by atoms with E-state index in [1.165, 1.54) is 11.3 Å². The Bertz CT molecular complexity index is 275. The average Bonchev–Trinajstić information content (AvgIpc) is 2.24. The molecule has 1 aromatic rings. The number of hydrogen-bond acceptors (Lipinski definition) is 3. The lowest BCUT2D eigenvalue weighted by atomic mass is 10.00. The Balaban J connectivity index is 3.39. The molecule has 0 spiro atoms. The van der Waals surface area contributed by atoms with Gasteiger partial charge in [0, 0.05) is 16.0 Å². The molecule has 2 radical (unpaired) electrons. The maximum absolute atomic E-state index is 10.4. The van der Waals surface area contributed by atoms with E-state index in [0.29, 0.717) is 28.5 Å². The fraction of sp³-hybridized carbons (Fsp3) is 0.143. The molecule has 0 atom stereocenters. The molecule has 2 nitrogen and oxygen atoms in total. The number of thiophene rings is 1. The Kier molecular flexibility index (Phi) is 2.24. The van der Waals surface area contributed by atoms with E-state index in [9.17, 15) is 9.59 Å². The van der Waals surface area contributed by atoms with Crippen molar-refractivity contribution in [3.8, 4) is 0 Å². The van der Waals surface area contributed by atoms with E-state index in [0.717, 1.165) is 4.88 Å². The van der Waals surface area contributed by atoms with Gasteiger partial charge in [-0.2, -0.15) is 11.3 Å². The maximum atomic E-state index is 10.4. The molecular formula is C7H5BO2S. The second-order valence-corrected chi connectivity index (χ2v) is 3.34. The first-order chi connectivity index (χ1) is 5.20. The second-order valence-electron chi connectivity index (χ2n) is 2.09. The van der Waals surface area contributed by atoms with Gasteiger partial charge in [-0.05, 0) is 11.7 Å². The number of carbonyl (C=O) groups is 2. The summed E-state index contributed by atoms with van der Waals surface area (Å²) in [5, 5.41) is 0. The van der Waals surface area contributed by atoms with Crippen LogP contribution in [0.2, 0.25) is 0 Å². The summed E-state index contributed by atoms with van der Waals surface area (Å²) < 4.78 is 0.416. The summed E-state index contributed by atoms with van der Waals surface area (Å²) in [5.41, 5.74) is 0.741. The van der Waals surface area contributed by atoms with Crippen molar-refractivity contribution in [3.05, 3.63) is 16.0 Å². The minimum absolute atomic E-state index is 0.322. The molecule has 1 heterocycles. The second kappa shape index (κ2) is 3.01. The molecule has 1 aromatic heterocycles. The van der Waals surface area contributed by atoms with Gasteiger partial charge < -0.3 is 0 Å². The zero-order valence-corrected chi connectivity index (χ0v) is 6.77. The van der Waals surface area contributed by atoms with E-state index in [4.69, 9.17) is 7.85 Å². The molecule has 0 saturated carbocycles. The topological polar surface area (TPSA) is 34.1 Å². The van der Waals surface area contributed by atoms with Crippen LogP contribution in [0.3, 0.4) is 0 Å². The summed E-state index contributed by atoms with van der Waals surface area (Å²) in [7, 11) is 5.46. The molecule has 1 rings (SSSR count). The van der Waals surface area contributed by atoms with Gasteiger partial charge in [0.05, 0.1) is 0 Å². The monoisotopic (exact) mass is 164 g/mol. The van der Waals surface area contributed by atoms with Crippen molar-refractivity contribution in [3.63, 3.8) is 0 Å². The third-order valence-corrected chi connectivity index (χ3v) is 2.40. The number of hydrogen-bond donors (Lipinski definition) is 0. The van der Waals surface area contributed by atoms with Gasteiger partial charge in [0.1, 0.15) is 7.85 Å². The lowest BCUT2D eigenvalue weighted by Gasteiger charge is -1.87. The molecule has 0 aliphatic carbocycles. The van der Waals surface area contributed by atoms with Gasteiger partial charge in [0.15, 0.2) is 12.6 Å². The fourth-order valence-corrected chi connectivity index (χ4v) is 1.73. The highest BCUT2D eigenvalue weighted by atomic mass is 32.1. The van der Waals surface area contributed by atoms with E-state index in [1.54, 1.807) is 6.92 Å². The largest absolute Gasteiger partial charge is 0.298 e. The zero-order valence-electron chi connectivity index (χ0n) is 5.96. The van der Waals surface area contributed by atoms with Crippen LogP contribution in [0.4, 0.5) is 0 Å². The molecule has 0 aliphatic rings. The highest BCUT2D eigenvalue weighted by Crippen LogP contribution is 2.14. The lowest BCUT2D eigenvalue weighted by molar-refractivity contribution is 0.109. The van der Waals surface area contributed by atoms with Crippen molar-refractivity contribution in [1.29, 1.82) is 0 Å². The van der Waals surface area contributed by atoms with Crippen LogP contribution in [0.25, 0.3) is 0 Å². The van der Waals surface area contributed by atoms with Gasteiger partial charge in [0.2, 0.25) is 0 Å². The van der Waals surface area contributed by atoms with E-state index >= 15 is 0 Å². The number of aryl methyl sites for hydroxylation is 1. The maximum Gasteiger partial charge on any atom is 0.151 e. The van der Waals surface area contributed by atoms with Crippen molar-refractivity contribution in [2.45, 2.75) is 6.92 Å². The average molecular weight is 164 g/mol. The Hall–Kier alpha value is -0.895. The van der Waals surface area contributed by atoms with E-state index in [-0.39, 0.29) is 0 Å². The lowest BCUT2D eigenvalue weighted by Crippen LogP contribution is -2.03. The molecule has 54 valence electrons. The quantitative estimate of drug-likeness (QED) is 0.470. The molecule has 0 saturated heterocycles. The van der Waals surface area contributed by atoms with Gasteiger partial charge >= 0.3 is 0 Å². The summed E-state index contributed by atoms with van der Waals surface area (Å²) in [6.45, 7) is 1.76. The molecule has 0 N–H and O–H groups in total. The van der Waals surface area contributed by atoms with Crippen molar-refractivity contribution in [2.24, 2.45) is 0 Å². The van der Waals surface area contributed by atoms with Crippen LogP contribution in [0.15, 0.2) is 0 Å². The van der Waals surface area contributed by atoms with Gasteiger partial charge in [0.25, 0.3) is 0 Å². The summed E-state index contributed by atoms with van der Waals surface area (Å²) in [6.07, 6.45) is 1.27. The molecule has 0 aromatic carbocycles. The SMILES string of the molecule is [B]c1sc(C)c(C=O)c1C=O. The first-order valence-electron chi connectivity index (χ1n) is 3.00. The summed E-state index contributed by atoms with van der Waals surface area (Å²) in [6, 6.07) is 0. The van der Waals surface area contributed by atoms with Crippen molar-refractivity contribution >= 4 is 36.5 Å². The first-order valence-corrected chi connectivity index (χ1v) is 3.81. The van der Waals surface area contributed by atoms with Gasteiger partial charge in [-0.3, -0.25) is 9.59 Å². The molecule has 0 bridgehead atoms. The van der Waals surface area contributed by atoms with Crippen LogP contribution in [0.1, 0.15) is 25.6 Å².